The molecular weight excluding hydrogens is 535 g/mol. The highest BCUT2D eigenvalue weighted by atomic mass is 19.3. The van der Waals surface area contributed by atoms with E-state index in [1.165, 1.54) is 75.6 Å². The molecule has 2 nitrogen and oxygen atoms in total. The van der Waals surface area contributed by atoms with E-state index in [2.05, 4.69) is 6.92 Å². The molecule has 4 rings (SSSR count). The van der Waals surface area contributed by atoms with Crippen LogP contribution in [0, 0.1) is 41.1 Å². The van der Waals surface area contributed by atoms with Crippen molar-refractivity contribution in [2.75, 3.05) is 6.61 Å². The van der Waals surface area contributed by atoms with E-state index in [4.69, 9.17) is 9.47 Å². The smallest absolute Gasteiger partial charge is 0.419 e. The van der Waals surface area contributed by atoms with Crippen molar-refractivity contribution in [1.29, 1.82) is 0 Å². The molecule has 2 aromatic carbocycles. The lowest BCUT2D eigenvalue weighted by Gasteiger charge is -2.37. The van der Waals surface area contributed by atoms with Crippen molar-refractivity contribution in [3.05, 3.63) is 59.9 Å². The average molecular weight is 579 g/mol. The van der Waals surface area contributed by atoms with Crippen LogP contribution < -0.4 is 9.47 Å². The van der Waals surface area contributed by atoms with E-state index >= 15 is 0 Å². The molecule has 2 saturated carbocycles. The Labute approximate surface area is 241 Å². The number of halogens is 5. The maximum atomic E-state index is 14.7. The Balaban J connectivity index is 1.28. The molecule has 0 aromatic heterocycles. The van der Waals surface area contributed by atoms with Gasteiger partial charge in [-0.15, -0.1) is 0 Å². The molecule has 0 spiro atoms. The Morgan fingerprint density at radius 2 is 1.46 bits per heavy atom. The second-order valence-corrected chi connectivity index (χ2v) is 11.8. The SMILES string of the molecule is CCCCCC1CCC(C2CCC(/C=C/C(F)(F)Oc3ccc(-c4ccc(OCC)c(F)c4F)cc3F)CC2)CC1. The standard InChI is InChI=1S/C34H43F5O2/c1-3-5-6-7-23-8-12-25(13-9-23)26-14-10-24(11-15-26)20-21-34(38,39)41-30-18-16-27(22-29(30)35)28-17-19-31(40-4-2)33(37)32(28)36/h16-26H,3-15H2,1-2H3/b21-20+. The number of rotatable bonds is 12. The van der Waals surface area contributed by atoms with E-state index in [9.17, 15) is 22.0 Å². The molecule has 0 aliphatic heterocycles. The minimum Gasteiger partial charge on any atom is -0.491 e. The molecule has 0 bridgehead atoms. The Kier molecular flexibility index (Phi) is 11.1. The second-order valence-electron chi connectivity index (χ2n) is 11.8. The molecule has 7 heteroatoms. The molecule has 0 heterocycles. The lowest BCUT2D eigenvalue weighted by atomic mass is 9.68. The summed E-state index contributed by atoms with van der Waals surface area (Å²) in [7, 11) is 0. The van der Waals surface area contributed by atoms with Gasteiger partial charge >= 0.3 is 6.11 Å². The van der Waals surface area contributed by atoms with Crippen LogP contribution in [0.2, 0.25) is 0 Å². The van der Waals surface area contributed by atoms with Crippen LogP contribution in [-0.2, 0) is 0 Å². The maximum absolute atomic E-state index is 14.7. The summed E-state index contributed by atoms with van der Waals surface area (Å²) in [5.74, 6) is -2.01. The van der Waals surface area contributed by atoms with Crippen LogP contribution in [0.1, 0.15) is 90.9 Å². The lowest BCUT2D eigenvalue weighted by molar-refractivity contribution is -0.133. The quantitative estimate of drug-likeness (QED) is 0.142. The number of ether oxygens (including phenoxy) is 2. The Bertz CT molecular complexity index is 1150. The van der Waals surface area contributed by atoms with Crippen LogP contribution in [0.5, 0.6) is 11.5 Å². The van der Waals surface area contributed by atoms with Gasteiger partial charge in [-0.3, -0.25) is 0 Å². The van der Waals surface area contributed by atoms with Gasteiger partial charge in [0.25, 0.3) is 0 Å². The molecule has 0 N–H and O–H groups in total. The number of allylic oxidation sites excluding steroid dienone is 1. The van der Waals surface area contributed by atoms with Crippen molar-refractivity contribution >= 4 is 0 Å². The van der Waals surface area contributed by atoms with Crippen molar-refractivity contribution in [1.82, 2.24) is 0 Å². The Hall–Kier alpha value is -2.57. The fourth-order valence-corrected chi connectivity index (χ4v) is 6.64. The van der Waals surface area contributed by atoms with Gasteiger partial charge in [-0.05, 0) is 98.9 Å². The van der Waals surface area contributed by atoms with Gasteiger partial charge in [0.15, 0.2) is 23.1 Å². The van der Waals surface area contributed by atoms with E-state index in [0.29, 0.717) is 12.0 Å². The predicted molar refractivity (Wildman–Crippen MR) is 153 cm³/mol. The number of alkyl halides is 2. The first kappa shape index (κ1) is 31.4. The van der Waals surface area contributed by atoms with Crippen LogP contribution >= 0.6 is 0 Å². The third-order valence-corrected chi connectivity index (χ3v) is 8.99. The predicted octanol–water partition coefficient (Wildman–Crippen LogP) is 10.9. The van der Waals surface area contributed by atoms with E-state index in [1.807, 2.05) is 0 Å². The minimum atomic E-state index is -3.70. The molecule has 0 amide bonds. The first-order valence-corrected chi connectivity index (χ1v) is 15.4. The molecule has 2 aromatic rings. The third kappa shape index (κ3) is 8.48. The largest absolute Gasteiger partial charge is 0.491 e. The van der Waals surface area contributed by atoms with Crippen LogP contribution in [0.25, 0.3) is 11.1 Å². The maximum Gasteiger partial charge on any atom is 0.419 e. The summed E-state index contributed by atoms with van der Waals surface area (Å²) in [6.45, 7) is 4.03. The van der Waals surface area contributed by atoms with Crippen LogP contribution in [0.4, 0.5) is 22.0 Å². The van der Waals surface area contributed by atoms with Crippen LogP contribution in [-0.4, -0.2) is 12.7 Å². The monoisotopic (exact) mass is 578 g/mol. The van der Waals surface area contributed by atoms with Crippen LogP contribution in [0.15, 0.2) is 42.5 Å². The molecule has 0 atom stereocenters. The van der Waals surface area contributed by atoms with Gasteiger partial charge in [-0.25, -0.2) is 8.78 Å². The highest BCUT2D eigenvalue weighted by Gasteiger charge is 2.33. The molecular formula is C34H43F5O2. The van der Waals surface area contributed by atoms with Crippen molar-refractivity contribution in [2.24, 2.45) is 23.7 Å². The summed E-state index contributed by atoms with van der Waals surface area (Å²) >= 11 is 0. The fourth-order valence-electron chi connectivity index (χ4n) is 6.64. The normalized spacial score (nSPS) is 23.6. The minimum absolute atomic E-state index is 0.00473. The molecule has 41 heavy (non-hydrogen) atoms. The van der Waals surface area contributed by atoms with Gasteiger partial charge in [0, 0.05) is 11.6 Å². The molecule has 0 unspecified atom stereocenters. The van der Waals surface area contributed by atoms with E-state index < -0.39 is 29.3 Å². The molecule has 0 saturated heterocycles. The molecule has 2 fully saturated rings. The Morgan fingerprint density at radius 3 is 2.10 bits per heavy atom. The zero-order chi connectivity index (χ0) is 29.4. The van der Waals surface area contributed by atoms with Crippen molar-refractivity contribution < 1.29 is 31.4 Å². The second kappa shape index (κ2) is 14.6. The van der Waals surface area contributed by atoms with E-state index in [0.717, 1.165) is 49.7 Å². The molecule has 0 radical (unpaired) electrons. The first-order chi connectivity index (χ1) is 19.7. The number of unbranched alkanes of at least 4 members (excludes halogenated alkanes) is 2. The van der Waals surface area contributed by atoms with Gasteiger partial charge in [0.2, 0.25) is 5.82 Å². The fraction of sp³-hybridized carbons (Fsp3) is 0.588. The number of hydrogen-bond donors (Lipinski definition) is 0. The topological polar surface area (TPSA) is 18.5 Å². The first-order valence-electron chi connectivity index (χ1n) is 15.4. The number of hydrogen-bond acceptors (Lipinski definition) is 2. The zero-order valence-electron chi connectivity index (χ0n) is 24.2. The van der Waals surface area contributed by atoms with Gasteiger partial charge in [-0.2, -0.15) is 13.2 Å². The molecule has 2 aliphatic rings. The zero-order valence-corrected chi connectivity index (χ0v) is 24.2. The lowest BCUT2D eigenvalue weighted by Crippen LogP contribution is -2.26. The summed E-state index contributed by atoms with van der Waals surface area (Å²) in [5.41, 5.74) is -0.214. The van der Waals surface area contributed by atoms with Crippen molar-refractivity contribution in [3.8, 4) is 22.6 Å². The summed E-state index contributed by atoms with van der Waals surface area (Å²) < 4.78 is 82.4. The van der Waals surface area contributed by atoms with Gasteiger partial charge in [0.05, 0.1) is 6.61 Å². The van der Waals surface area contributed by atoms with E-state index in [-0.39, 0.29) is 29.4 Å². The highest BCUT2D eigenvalue weighted by molar-refractivity contribution is 5.66. The molecule has 2 aliphatic carbocycles. The summed E-state index contributed by atoms with van der Waals surface area (Å²) in [6, 6.07) is 5.57. The van der Waals surface area contributed by atoms with Crippen molar-refractivity contribution in [2.45, 2.75) is 97.0 Å². The van der Waals surface area contributed by atoms with Gasteiger partial charge in [0.1, 0.15) is 0 Å². The van der Waals surface area contributed by atoms with E-state index in [1.54, 1.807) is 6.92 Å². The van der Waals surface area contributed by atoms with Gasteiger partial charge in [-0.1, -0.05) is 57.6 Å². The Morgan fingerprint density at radius 1 is 0.805 bits per heavy atom. The average Bonchev–Trinajstić information content (AvgIpc) is 2.97. The number of benzene rings is 2. The molecule has 226 valence electrons. The summed E-state index contributed by atoms with van der Waals surface area (Å²) in [5, 5.41) is 0. The summed E-state index contributed by atoms with van der Waals surface area (Å²) in [6.07, 6.45) is 13.0. The van der Waals surface area contributed by atoms with Gasteiger partial charge < -0.3 is 9.47 Å². The third-order valence-electron chi connectivity index (χ3n) is 8.99. The highest BCUT2D eigenvalue weighted by Crippen LogP contribution is 2.43. The van der Waals surface area contributed by atoms with Crippen molar-refractivity contribution in [3.63, 3.8) is 0 Å². The van der Waals surface area contributed by atoms with Crippen LogP contribution in [0.3, 0.4) is 0 Å². The summed E-state index contributed by atoms with van der Waals surface area (Å²) in [4.78, 5) is 0.